The summed E-state index contributed by atoms with van der Waals surface area (Å²) in [6.07, 6.45) is 5.44. The molecule has 23 heavy (non-hydrogen) atoms. The van der Waals surface area contributed by atoms with E-state index in [-0.39, 0.29) is 24.0 Å². The second-order valence-electron chi connectivity index (χ2n) is 6.39. The molecule has 1 aliphatic heterocycles. The molecule has 3 rings (SSSR count). The molecule has 126 valence electrons. The standard InChI is InChI=1S/C16H23N3O3S/c1-10-8-17-15(23-10)13(11-5-6-11)18-14(20)12-4-3-7-19(9-12)16(21)22-2/h8,11-13H,3-7,9H2,1-2H3,(H,18,20). The van der Waals surface area contributed by atoms with E-state index in [2.05, 4.69) is 10.3 Å². The van der Waals surface area contributed by atoms with Crippen molar-refractivity contribution in [2.45, 2.75) is 38.6 Å². The van der Waals surface area contributed by atoms with Crippen LogP contribution >= 0.6 is 11.3 Å². The minimum absolute atomic E-state index is 0.0229. The molecule has 0 bridgehead atoms. The number of amides is 2. The van der Waals surface area contributed by atoms with Crippen molar-refractivity contribution in [2.24, 2.45) is 11.8 Å². The summed E-state index contributed by atoms with van der Waals surface area (Å²) in [5.74, 6) is 0.373. The molecule has 0 aromatic carbocycles. The third-order valence-electron chi connectivity index (χ3n) is 4.52. The first-order chi connectivity index (χ1) is 11.1. The fourth-order valence-corrected chi connectivity index (χ4v) is 4.00. The second kappa shape index (κ2) is 6.86. The van der Waals surface area contributed by atoms with Gasteiger partial charge >= 0.3 is 6.09 Å². The molecule has 2 heterocycles. The van der Waals surface area contributed by atoms with E-state index in [0.717, 1.165) is 35.6 Å². The first kappa shape index (κ1) is 16.2. The van der Waals surface area contributed by atoms with Crippen LogP contribution in [0.15, 0.2) is 6.20 Å². The number of thiazole rings is 1. The van der Waals surface area contributed by atoms with Crippen LogP contribution in [-0.4, -0.2) is 42.1 Å². The van der Waals surface area contributed by atoms with Crippen LogP contribution in [-0.2, 0) is 9.53 Å². The topological polar surface area (TPSA) is 71.5 Å². The molecule has 7 heteroatoms. The minimum Gasteiger partial charge on any atom is -0.453 e. The van der Waals surface area contributed by atoms with Crippen molar-refractivity contribution < 1.29 is 14.3 Å². The van der Waals surface area contributed by atoms with Crippen molar-refractivity contribution in [1.82, 2.24) is 15.2 Å². The highest BCUT2D eigenvalue weighted by Gasteiger charge is 2.37. The Hall–Kier alpha value is -1.63. The van der Waals surface area contributed by atoms with Crippen molar-refractivity contribution in [3.05, 3.63) is 16.1 Å². The van der Waals surface area contributed by atoms with Gasteiger partial charge < -0.3 is 15.0 Å². The summed E-state index contributed by atoms with van der Waals surface area (Å²) >= 11 is 1.65. The molecule has 2 amide bonds. The molecule has 1 aromatic heterocycles. The predicted molar refractivity (Wildman–Crippen MR) is 87.2 cm³/mol. The van der Waals surface area contributed by atoms with Gasteiger partial charge in [0, 0.05) is 24.2 Å². The van der Waals surface area contributed by atoms with E-state index in [1.165, 1.54) is 7.11 Å². The van der Waals surface area contributed by atoms with E-state index < -0.39 is 0 Å². The molecule has 1 saturated heterocycles. The Bertz CT molecular complexity index is 585. The number of aromatic nitrogens is 1. The Morgan fingerprint density at radius 3 is 2.83 bits per heavy atom. The number of carbonyl (C=O) groups excluding carboxylic acids is 2. The van der Waals surface area contributed by atoms with Gasteiger partial charge in [0.1, 0.15) is 5.01 Å². The van der Waals surface area contributed by atoms with Crippen molar-refractivity contribution in [3.63, 3.8) is 0 Å². The number of nitrogens with zero attached hydrogens (tertiary/aromatic N) is 2. The van der Waals surface area contributed by atoms with Gasteiger partial charge in [0.25, 0.3) is 0 Å². The van der Waals surface area contributed by atoms with E-state index in [9.17, 15) is 9.59 Å². The second-order valence-corrected chi connectivity index (χ2v) is 7.65. The zero-order chi connectivity index (χ0) is 16.4. The lowest BCUT2D eigenvalue weighted by atomic mass is 9.97. The maximum Gasteiger partial charge on any atom is 0.409 e. The number of hydrogen-bond acceptors (Lipinski definition) is 5. The van der Waals surface area contributed by atoms with Gasteiger partial charge in [-0.3, -0.25) is 4.79 Å². The largest absolute Gasteiger partial charge is 0.453 e. The Balaban J connectivity index is 1.63. The fraction of sp³-hybridized carbons (Fsp3) is 0.688. The van der Waals surface area contributed by atoms with Gasteiger partial charge in [-0.25, -0.2) is 9.78 Å². The molecule has 2 unspecified atom stereocenters. The Kier molecular flexibility index (Phi) is 4.84. The highest BCUT2D eigenvalue weighted by atomic mass is 32.1. The zero-order valence-corrected chi connectivity index (χ0v) is 14.4. The molecular formula is C16H23N3O3S. The molecule has 0 spiro atoms. The molecule has 1 saturated carbocycles. The highest BCUT2D eigenvalue weighted by Crippen LogP contribution is 2.42. The van der Waals surface area contributed by atoms with Gasteiger partial charge in [0.2, 0.25) is 5.91 Å². The van der Waals surface area contributed by atoms with Crippen LogP contribution in [0.25, 0.3) is 0 Å². The first-order valence-electron chi connectivity index (χ1n) is 8.14. The molecule has 1 aliphatic carbocycles. The number of piperidine rings is 1. The maximum atomic E-state index is 12.7. The summed E-state index contributed by atoms with van der Waals surface area (Å²) in [5, 5.41) is 4.19. The summed E-state index contributed by atoms with van der Waals surface area (Å²) in [4.78, 5) is 31.6. The number of methoxy groups -OCH3 is 1. The van der Waals surface area contributed by atoms with Gasteiger partial charge in [-0.15, -0.1) is 11.3 Å². The smallest absolute Gasteiger partial charge is 0.409 e. The van der Waals surface area contributed by atoms with Crippen molar-refractivity contribution >= 4 is 23.3 Å². The van der Waals surface area contributed by atoms with Gasteiger partial charge in [-0.1, -0.05) is 0 Å². The van der Waals surface area contributed by atoms with E-state index in [1.807, 2.05) is 13.1 Å². The molecule has 2 fully saturated rings. The third-order valence-corrected chi connectivity index (χ3v) is 5.52. The number of aryl methyl sites for hydroxylation is 1. The number of carbonyl (C=O) groups is 2. The first-order valence-corrected chi connectivity index (χ1v) is 8.95. The predicted octanol–water partition coefficient (Wildman–Crippen LogP) is 2.50. The summed E-state index contributed by atoms with van der Waals surface area (Å²) in [5.41, 5.74) is 0. The zero-order valence-electron chi connectivity index (χ0n) is 13.6. The summed E-state index contributed by atoms with van der Waals surface area (Å²) in [6.45, 7) is 3.13. The van der Waals surface area contributed by atoms with E-state index in [0.29, 0.717) is 19.0 Å². The van der Waals surface area contributed by atoms with E-state index in [4.69, 9.17) is 4.74 Å². The lowest BCUT2D eigenvalue weighted by Crippen LogP contribution is -2.46. The van der Waals surface area contributed by atoms with Crippen LogP contribution in [0.4, 0.5) is 4.79 Å². The lowest BCUT2D eigenvalue weighted by molar-refractivity contribution is -0.127. The van der Waals surface area contributed by atoms with E-state index in [1.54, 1.807) is 16.2 Å². The van der Waals surface area contributed by atoms with Crippen LogP contribution in [0.3, 0.4) is 0 Å². The Morgan fingerprint density at radius 2 is 2.22 bits per heavy atom. The third kappa shape index (κ3) is 3.83. The van der Waals surface area contributed by atoms with Crippen LogP contribution in [0.1, 0.15) is 41.6 Å². The van der Waals surface area contributed by atoms with Gasteiger partial charge in [0.15, 0.2) is 0 Å². The number of rotatable bonds is 4. The van der Waals surface area contributed by atoms with Crippen LogP contribution in [0.5, 0.6) is 0 Å². The molecule has 2 aliphatic rings. The van der Waals surface area contributed by atoms with Gasteiger partial charge in [0.05, 0.1) is 19.1 Å². The molecule has 1 aromatic rings. The highest BCUT2D eigenvalue weighted by molar-refractivity contribution is 7.11. The number of likely N-dealkylation sites (tertiary alicyclic amines) is 1. The molecule has 0 radical (unpaired) electrons. The van der Waals surface area contributed by atoms with Crippen LogP contribution in [0, 0.1) is 18.8 Å². The summed E-state index contributed by atoms with van der Waals surface area (Å²) in [7, 11) is 1.37. The van der Waals surface area contributed by atoms with Crippen molar-refractivity contribution in [2.75, 3.05) is 20.2 Å². The number of hydrogen-bond donors (Lipinski definition) is 1. The van der Waals surface area contributed by atoms with Crippen LogP contribution in [0.2, 0.25) is 0 Å². The SMILES string of the molecule is COC(=O)N1CCCC(C(=O)NC(c2ncc(C)s2)C2CC2)C1. The maximum absolute atomic E-state index is 12.7. The van der Waals surface area contributed by atoms with Crippen LogP contribution < -0.4 is 5.32 Å². The van der Waals surface area contributed by atoms with E-state index >= 15 is 0 Å². The van der Waals surface area contributed by atoms with Crippen molar-refractivity contribution in [3.8, 4) is 0 Å². The average molecular weight is 337 g/mol. The Labute approximate surface area is 140 Å². The van der Waals surface area contributed by atoms with Gasteiger partial charge in [-0.05, 0) is 38.5 Å². The lowest BCUT2D eigenvalue weighted by Gasteiger charge is -2.31. The summed E-state index contributed by atoms with van der Waals surface area (Å²) in [6, 6.07) is 0.0229. The minimum atomic E-state index is -0.350. The molecule has 6 nitrogen and oxygen atoms in total. The fourth-order valence-electron chi connectivity index (χ4n) is 3.08. The monoisotopic (exact) mass is 337 g/mol. The average Bonchev–Trinajstić information content (AvgIpc) is 3.32. The molecular weight excluding hydrogens is 314 g/mol. The van der Waals surface area contributed by atoms with Crippen molar-refractivity contribution in [1.29, 1.82) is 0 Å². The quantitative estimate of drug-likeness (QED) is 0.916. The summed E-state index contributed by atoms with van der Waals surface area (Å²) < 4.78 is 4.77. The molecule has 2 atom stereocenters. The number of ether oxygens (including phenoxy) is 1. The Morgan fingerprint density at radius 1 is 1.43 bits per heavy atom. The normalized spacial score (nSPS) is 22.5. The van der Waals surface area contributed by atoms with Gasteiger partial charge in [-0.2, -0.15) is 0 Å². The number of nitrogens with one attached hydrogen (secondary N) is 1. The molecule has 1 N–H and O–H groups in total.